The first kappa shape index (κ1) is 28.5. The topological polar surface area (TPSA) is 103 Å². The lowest BCUT2D eigenvalue weighted by molar-refractivity contribution is 0.0116. The molecule has 9 nitrogen and oxygen atoms in total. The fraction of sp³-hybridized carbons (Fsp3) is 0.469. The highest BCUT2D eigenvalue weighted by Crippen LogP contribution is 2.31. The Labute approximate surface area is 244 Å². The van der Waals surface area contributed by atoms with Crippen LogP contribution in [0.5, 0.6) is 11.6 Å². The lowest BCUT2D eigenvalue weighted by Crippen LogP contribution is -2.52. The van der Waals surface area contributed by atoms with Crippen molar-refractivity contribution in [1.82, 2.24) is 20.1 Å². The van der Waals surface area contributed by atoms with Gasteiger partial charge >= 0.3 is 6.09 Å². The van der Waals surface area contributed by atoms with E-state index in [4.69, 9.17) is 13.9 Å². The summed E-state index contributed by atoms with van der Waals surface area (Å²) in [5, 5.41) is 14.6. The quantitative estimate of drug-likeness (QED) is 0.262. The molecule has 2 aliphatic rings. The van der Waals surface area contributed by atoms with Crippen molar-refractivity contribution >= 4 is 28.0 Å². The van der Waals surface area contributed by atoms with Crippen LogP contribution in [0.2, 0.25) is 0 Å². The first-order valence-corrected chi connectivity index (χ1v) is 14.9. The van der Waals surface area contributed by atoms with Crippen LogP contribution < -0.4 is 14.8 Å². The van der Waals surface area contributed by atoms with Crippen LogP contribution in [-0.2, 0) is 6.61 Å². The maximum absolute atomic E-state index is 13.5. The third-order valence-electron chi connectivity index (χ3n) is 8.75. The second kappa shape index (κ2) is 12.3. The summed E-state index contributed by atoms with van der Waals surface area (Å²) in [6.45, 7) is 9.37. The number of hydrogen-bond donors (Lipinski definition) is 3. The number of likely N-dealkylation sites (tertiary alicyclic amines) is 2. The van der Waals surface area contributed by atoms with E-state index in [0.29, 0.717) is 29.2 Å². The van der Waals surface area contributed by atoms with E-state index < -0.39 is 6.09 Å². The largest absolute Gasteiger partial charge is 0.488 e. The normalized spacial score (nSPS) is 21.5. The van der Waals surface area contributed by atoms with E-state index in [9.17, 15) is 14.3 Å². The summed E-state index contributed by atoms with van der Waals surface area (Å²) in [6.07, 6.45) is 3.50. The number of aliphatic hydroxyl groups excluding tert-OH is 1. The number of piperidine rings is 2. The van der Waals surface area contributed by atoms with Crippen molar-refractivity contribution in [3.8, 4) is 11.6 Å². The van der Waals surface area contributed by atoms with E-state index in [2.05, 4.69) is 33.9 Å². The van der Waals surface area contributed by atoms with Crippen molar-refractivity contribution in [2.45, 2.75) is 57.9 Å². The fourth-order valence-corrected chi connectivity index (χ4v) is 6.22. The number of nitrogens with one attached hydrogen (secondary N) is 2. The number of aliphatic hydroxyl groups is 1. The van der Waals surface area contributed by atoms with Crippen molar-refractivity contribution in [3.05, 3.63) is 60.1 Å². The Morgan fingerprint density at radius 2 is 2.00 bits per heavy atom. The average molecular weight is 579 g/mol. The van der Waals surface area contributed by atoms with Gasteiger partial charge in [0.2, 0.25) is 5.88 Å². The number of halogens is 1. The number of fused-ring (bicyclic) bond motifs is 2. The predicted molar refractivity (Wildman–Crippen MR) is 158 cm³/mol. The van der Waals surface area contributed by atoms with Gasteiger partial charge in [0.15, 0.2) is 0 Å². The molecule has 2 aromatic heterocycles. The highest BCUT2D eigenvalue weighted by molar-refractivity contribution is 5.88. The molecule has 0 radical (unpaired) electrons. The van der Waals surface area contributed by atoms with Crippen molar-refractivity contribution in [1.29, 1.82) is 0 Å². The molecule has 2 aliphatic heterocycles. The lowest BCUT2D eigenvalue weighted by Gasteiger charge is -2.41. The van der Waals surface area contributed by atoms with Gasteiger partial charge in [0.25, 0.3) is 0 Å². The SMILES string of the molecule is C[C@H]1CN([C@@H](C)CN2CCC(NC(=O)Oc3cc4c(OCc5coc6cc(F)ccc56)cccc4[nH]3)CC2)CC[C@@H]1O. The van der Waals surface area contributed by atoms with Crippen molar-refractivity contribution in [2.75, 3.05) is 32.7 Å². The lowest BCUT2D eigenvalue weighted by atomic mass is 9.95. The van der Waals surface area contributed by atoms with Crippen LogP contribution >= 0.6 is 0 Å². The minimum atomic E-state index is -0.478. The number of benzene rings is 2. The molecule has 0 bridgehead atoms. The van der Waals surface area contributed by atoms with Crippen LogP contribution in [0.3, 0.4) is 0 Å². The van der Waals surface area contributed by atoms with Gasteiger partial charge in [-0.1, -0.05) is 13.0 Å². The second-order valence-electron chi connectivity index (χ2n) is 11.8. The predicted octanol–water partition coefficient (Wildman–Crippen LogP) is 5.28. The molecule has 6 rings (SSSR count). The van der Waals surface area contributed by atoms with Gasteiger partial charge in [0.05, 0.1) is 17.9 Å². The Morgan fingerprint density at radius 1 is 1.17 bits per heavy atom. The fourth-order valence-electron chi connectivity index (χ4n) is 6.22. The Bertz CT molecular complexity index is 1530. The zero-order valence-corrected chi connectivity index (χ0v) is 24.1. The summed E-state index contributed by atoms with van der Waals surface area (Å²) < 4.78 is 30.6. The molecular weight excluding hydrogens is 539 g/mol. The number of ether oxygens (including phenoxy) is 2. The number of amides is 1. The summed E-state index contributed by atoms with van der Waals surface area (Å²) in [6, 6.07) is 12.3. The van der Waals surface area contributed by atoms with E-state index in [1.54, 1.807) is 18.4 Å². The molecule has 0 saturated carbocycles. The van der Waals surface area contributed by atoms with Gasteiger partial charge in [0.1, 0.15) is 23.8 Å². The molecule has 2 aromatic carbocycles. The van der Waals surface area contributed by atoms with Crippen molar-refractivity contribution in [3.63, 3.8) is 0 Å². The van der Waals surface area contributed by atoms with Gasteiger partial charge in [-0.3, -0.25) is 4.90 Å². The number of aromatic amines is 1. The van der Waals surface area contributed by atoms with Gasteiger partial charge in [-0.05, 0) is 56.4 Å². The zero-order valence-electron chi connectivity index (χ0n) is 24.1. The van der Waals surface area contributed by atoms with E-state index in [0.717, 1.165) is 73.8 Å². The Morgan fingerprint density at radius 3 is 2.81 bits per heavy atom. The summed E-state index contributed by atoms with van der Waals surface area (Å²) in [4.78, 5) is 20.8. The zero-order chi connectivity index (χ0) is 29.2. The van der Waals surface area contributed by atoms with E-state index in [-0.39, 0.29) is 24.6 Å². The van der Waals surface area contributed by atoms with E-state index in [1.807, 2.05) is 18.2 Å². The molecule has 3 atom stereocenters. The monoisotopic (exact) mass is 578 g/mol. The number of H-pyrrole nitrogens is 1. The number of hydrogen-bond acceptors (Lipinski definition) is 7. The molecule has 224 valence electrons. The number of carbonyl (C=O) groups excluding carboxylic acids is 1. The molecule has 0 spiro atoms. The highest BCUT2D eigenvalue weighted by atomic mass is 19.1. The average Bonchev–Trinajstić information content (AvgIpc) is 3.57. The molecule has 4 heterocycles. The molecule has 1 amide bonds. The maximum Gasteiger partial charge on any atom is 0.414 e. The molecule has 10 heteroatoms. The summed E-state index contributed by atoms with van der Waals surface area (Å²) in [7, 11) is 0. The van der Waals surface area contributed by atoms with Gasteiger partial charge in [0, 0.05) is 73.3 Å². The van der Waals surface area contributed by atoms with Gasteiger partial charge in [-0.15, -0.1) is 0 Å². The molecule has 4 aromatic rings. The van der Waals surface area contributed by atoms with Crippen LogP contribution in [0, 0.1) is 11.7 Å². The second-order valence-corrected chi connectivity index (χ2v) is 11.8. The minimum Gasteiger partial charge on any atom is -0.488 e. The third-order valence-corrected chi connectivity index (χ3v) is 8.75. The Kier molecular flexibility index (Phi) is 8.37. The molecule has 42 heavy (non-hydrogen) atoms. The third kappa shape index (κ3) is 6.40. The van der Waals surface area contributed by atoms with Crippen molar-refractivity contribution < 1.29 is 28.2 Å². The maximum atomic E-state index is 13.5. The van der Waals surface area contributed by atoms with Crippen LogP contribution in [0.4, 0.5) is 9.18 Å². The summed E-state index contributed by atoms with van der Waals surface area (Å²) in [5.41, 5.74) is 2.08. The summed E-state index contributed by atoms with van der Waals surface area (Å²) >= 11 is 0. The smallest absolute Gasteiger partial charge is 0.414 e. The number of carbonyl (C=O) groups is 1. The van der Waals surface area contributed by atoms with E-state index in [1.165, 1.54) is 12.1 Å². The number of rotatable bonds is 8. The Hall–Kier alpha value is -3.60. The molecule has 2 fully saturated rings. The van der Waals surface area contributed by atoms with E-state index >= 15 is 0 Å². The standard InChI is InChI=1S/C32H39FN4O5/c1-20-16-37(13-10-28(20)38)21(2)17-36-11-8-24(9-12-36)34-32(39)42-31-15-26-27(35-31)4-3-5-29(26)40-18-22-19-41-30-14-23(33)6-7-25(22)30/h3-7,14-15,19-21,24,28,35,38H,8-13,16-18H2,1-2H3,(H,34,39)/t20-,21-,28-/m0/s1. The van der Waals surface area contributed by atoms with Gasteiger partial charge in [-0.2, -0.15) is 0 Å². The van der Waals surface area contributed by atoms with Crippen LogP contribution in [-0.4, -0.2) is 76.9 Å². The molecular formula is C32H39FN4O5. The van der Waals surface area contributed by atoms with Gasteiger partial charge in [-0.25, -0.2) is 9.18 Å². The number of furan rings is 1. The first-order valence-electron chi connectivity index (χ1n) is 14.9. The Balaban J connectivity index is 0.989. The summed E-state index contributed by atoms with van der Waals surface area (Å²) in [5.74, 6) is 0.940. The molecule has 2 saturated heterocycles. The van der Waals surface area contributed by atoms with Gasteiger partial charge < -0.3 is 34.2 Å². The first-order chi connectivity index (χ1) is 20.3. The number of aromatic nitrogens is 1. The van der Waals surface area contributed by atoms with Crippen LogP contribution in [0.25, 0.3) is 21.9 Å². The van der Waals surface area contributed by atoms with Crippen LogP contribution in [0.15, 0.2) is 53.1 Å². The number of nitrogens with zero attached hydrogens (tertiary/aromatic N) is 2. The highest BCUT2D eigenvalue weighted by Gasteiger charge is 2.29. The molecule has 0 aliphatic carbocycles. The molecule has 3 N–H and O–H groups in total. The van der Waals surface area contributed by atoms with Crippen molar-refractivity contribution in [2.24, 2.45) is 5.92 Å². The van der Waals surface area contributed by atoms with Crippen LogP contribution in [0.1, 0.15) is 38.7 Å². The molecule has 0 unspecified atom stereocenters. The minimum absolute atomic E-state index is 0.0655.